The first-order chi connectivity index (χ1) is 9.35. The number of nitrogens with one attached hydrogen (secondary N) is 1. The molecule has 0 saturated carbocycles. The summed E-state index contributed by atoms with van der Waals surface area (Å²) in [5.41, 5.74) is -0.367. The summed E-state index contributed by atoms with van der Waals surface area (Å²) in [5, 5.41) is 20.0. The van der Waals surface area contributed by atoms with E-state index in [1.54, 1.807) is 20.0 Å². The summed E-state index contributed by atoms with van der Waals surface area (Å²) in [7, 11) is 0. The van der Waals surface area contributed by atoms with Crippen molar-refractivity contribution in [2.45, 2.75) is 45.4 Å². The Bertz CT molecular complexity index is 525. The van der Waals surface area contributed by atoms with Crippen LogP contribution in [0, 0.1) is 0 Å². The van der Waals surface area contributed by atoms with Crippen LogP contribution in [0.5, 0.6) is 0 Å². The van der Waals surface area contributed by atoms with E-state index in [2.05, 4.69) is 15.6 Å². The van der Waals surface area contributed by atoms with Crippen LogP contribution in [-0.2, 0) is 11.3 Å². The number of hydrogen-bond donors (Lipinski definition) is 2. The molecule has 0 bridgehead atoms. The van der Waals surface area contributed by atoms with E-state index in [1.165, 1.54) is 4.68 Å². The SMILES string of the molecule is CCC(O)c1cn(CCN2C(=O)NC(C)(C)C2=O)nn1. The van der Waals surface area contributed by atoms with Crippen molar-refractivity contribution in [2.75, 3.05) is 6.54 Å². The molecule has 1 saturated heterocycles. The molecule has 2 N–H and O–H groups in total. The Hall–Kier alpha value is -1.96. The molecule has 8 heteroatoms. The van der Waals surface area contributed by atoms with E-state index in [1.807, 2.05) is 6.92 Å². The van der Waals surface area contributed by atoms with Crippen LogP contribution in [0.1, 0.15) is 39.0 Å². The van der Waals surface area contributed by atoms with Gasteiger partial charge in [-0.2, -0.15) is 0 Å². The Labute approximate surface area is 116 Å². The van der Waals surface area contributed by atoms with Gasteiger partial charge in [0.1, 0.15) is 11.2 Å². The van der Waals surface area contributed by atoms with Crippen LogP contribution in [-0.4, -0.2) is 49.0 Å². The normalized spacial score (nSPS) is 19.3. The first kappa shape index (κ1) is 14.4. The van der Waals surface area contributed by atoms with Crippen molar-refractivity contribution in [1.82, 2.24) is 25.2 Å². The number of aliphatic hydroxyl groups excluding tert-OH is 1. The number of urea groups is 1. The molecule has 1 aliphatic heterocycles. The van der Waals surface area contributed by atoms with Crippen LogP contribution < -0.4 is 5.32 Å². The number of aromatic nitrogens is 3. The molecule has 0 aliphatic carbocycles. The van der Waals surface area contributed by atoms with Gasteiger partial charge in [0.25, 0.3) is 5.91 Å². The minimum atomic E-state index is -0.858. The highest BCUT2D eigenvalue weighted by molar-refractivity contribution is 6.06. The fourth-order valence-corrected chi connectivity index (χ4v) is 2.01. The van der Waals surface area contributed by atoms with Crippen molar-refractivity contribution >= 4 is 11.9 Å². The molecule has 3 amide bonds. The van der Waals surface area contributed by atoms with E-state index in [9.17, 15) is 14.7 Å². The fourth-order valence-electron chi connectivity index (χ4n) is 2.01. The van der Waals surface area contributed by atoms with E-state index >= 15 is 0 Å². The Balaban J connectivity index is 1.97. The zero-order chi connectivity index (χ0) is 14.9. The average molecular weight is 281 g/mol. The zero-order valence-electron chi connectivity index (χ0n) is 11.8. The molecular weight excluding hydrogens is 262 g/mol. The lowest BCUT2D eigenvalue weighted by Gasteiger charge is -2.15. The lowest BCUT2D eigenvalue weighted by atomic mass is 10.1. The fraction of sp³-hybridized carbons (Fsp3) is 0.667. The molecule has 1 unspecified atom stereocenters. The van der Waals surface area contributed by atoms with Crippen LogP contribution in [0.3, 0.4) is 0 Å². The van der Waals surface area contributed by atoms with Gasteiger partial charge in [0.2, 0.25) is 0 Å². The quantitative estimate of drug-likeness (QED) is 0.743. The second kappa shape index (κ2) is 5.20. The summed E-state index contributed by atoms with van der Waals surface area (Å²) in [6, 6.07) is -0.395. The Morgan fingerprint density at radius 3 is 2.65 bits per heavy atom. The van der Waals surface area contributed by atoms with Crippen LogP contribution in [0.4, 0.5) is 4.79 Å². The molecular formula is C12H19N5O3. The van der Waals surface area contributed by atoms with E-state index in [0.717, 1.165) is 4.90 Å². The molecule has 8 nitrogen and oxygen atoms in total. The number of hydrogen-bond acceptors (Lipinski definition) is 5. The van der Waals surface area contributed by atoms with Gasteiger partial charge >= 0.3 is 6.03 Å². The highest BCUT2D eigenvalue weighted by Gasteiger charge is 2.43. The summed E-state index contributed by atoms with van der Waals surface area (Å²) in [6.45, 7) is 5.74. The monoisotopic (exact) mass is 281 g/mol. The zero-order valence-corrected chi connectivity index (χ0v) is 11.8. The number of carbonyl (C=O) groups excluding carboxylic acids is 2. The van der Waals surface area contributed by atoms with E-state index < -0.39 is 17.7 Å². The summed E-state index contributed by atoms with van der Waals surface area (Å²) >= 11 is 0. The van der Waals surface area contributed by atoms with Crippen LogP contribution in [0.2, 0.25) is 0 Å². The highest BCUT2D eigenvalue weighted by Crippen LogP contribution is 2.16. The minimum absolute atomic E-state index is 0.221. The molecule has 110 valence electrons. The summed E-state index contributed by atoms with van der Waals surface area (Å²) in [6.07, 6.45) is 1.54. The average Bonchev–Trinajstić information content (AvgIpc) is 2.92. The molecule has 1 fully saturated rings. The second-order valence-electron chi connectivity index (χ2n) is 5.34. The molecule has 0 radical (unpaired) electrons. The lowest BCUT2D eigenvalue weighted by molar-refractivity contribution is -0.130. The predicted octanol–water partition coefficient (Wildman–Crippen LogP) is 0.0519. The third-order valence-electron chi connectivity index (χ3n) is 3.28. The number of imide groups is 1. The number of rotatable bonds is 5. The summed E-state index contributed by atoms with van der Waals surface area (Å²) < 4.78 is 1.51. The van der Waals surface area contributed by atoms with Crippen molar-refractivity contribution in [3.63, 3.8) is 0 Å². The van der Waals surface area contributed by atoms with Gasteiger partial charge in [-0.25, -0.2) is 4.79 Å². The number of aliphatic hydroxyl groups is 1. The number of nitrogens with zero attached hydrogens (tertiary/aromatic N) is 4. The molecule has 20 heavy (non-hydrogen) atoms. The summed E-state index contributed by atoms with van der Waals surface area (Å²) in [4.78, 5) is 24.8. The Morgan fingerprint density at radius 1 is 1.40 bits per heavy atom. The molecule has 1 aliphatic rings. The van der Waals surface area contributed by atoms with Crippen LogP contribution in [0.15, 0.2) is 6.20 Å². The first-order valence-corrected chi connectivity index (χ1v) is 6.57. The van der Waals surface area contributed by atoms with Gasteiger partial charge in [0.15, 0.2) is 0 Å². The van der Waals surface area contributed by atoms with Gasteiger partial charge < -0.3 is 10.4 Å². The van der Waals surface area contributed by atoms with Crippen molar-refractivity contribution in [2.24, 2.45) is 0 Å². The van der Waals surface area contributed by atoms with Gasteiger partial charge in [0.05, 0.1) is 25.4 Å². The maximum atomic E-state index is 12.0. The Kier molecular flexibility index (Phi) is 3.76. The molecule has 1 aromatic heterocycles. The number of carbonyl (C=O) groups is 2. The second-order valence-corrected chi connectivity index (χ2v) is 5.34. The largest absolute Gasteiger partial charge is 0.387 e. The third-order valence-corrected chi connectivity index (χ3v) is 3.28. The molecule has 0 aromatic carbocycles. The molecule has 2 heterocycles. The third kappa shape index (κ3) is 2.64. The van der Waals surface area contributed by atoms with Crippen molar-refractivity contribution in [1.29, 1.82) is 0 Å². The van der Waals surface area contributed by atoms with Crippen molar-refractivity contribution in [3.05, 3.63) is 11.9 Å². The topological polar surface area (TPSA) is 100 Å². The highest BCUT2D eigenvalue weighted by atomic mass is 16.3. The minimum Gasteiger partial charge on any atom is -0.387 e. The van der Waals surface area contributed by atoms with Crippen molar-refractivity contribution in [3.8, 4) is 0 Å². The molecule has 1 atom stereocenters. The van der Waals surface area contributed by atoms with Gasteiger partial charge in [-0.3, -0.25) is 14.4 Å². The maximum absolute atomic E-state index is 12.0. The van der Waals surface area contributed by atoms with E-state index in [4.69, 9.17) is 0 Å². The predicted molar refractivity (Wildman–Crippen MR) is 69.6 cm³/mol. The van der Waals surface area contributed by atoms with Gasteiger partial charge in [-0.15, -0.1) is 5.10 Å². The van der Waals surface area contributed by atoms with E-state index in [0.29, 0.717) is 18.7 Å². The Morgan fingerprint density at radius 2 is 2.10 bits per heavy atom. The van der Waals surface area contributed by atoms with Gasteiger partial charge in [0, 0.05) is 0 Å². The van der Waals surface area contributed by atoms with Crippen LogP contribution in [0.25, 0.3) is 0 Å². The smallest absolute Gasteiger partial charge is 0.325 e. The van der Waals surface area contributed by atoms with Crippen LogP contribution >= 0.6 is 0 Å². The maximum Gasteiger partial charge on any atom is 0.325 e. The van der Waals surface area contributed by atoms with Crippen molar-refractivity contribution < 1.29 is 14.7 Å². The van der Waals surface area contributed by atoms with Gasteiger partial charge in [-0.1, -0.05) is 12.1 Å². The van der Waals surface area contributed by atoms with Gasteiger partial charge in [-0.05, 0) is 20.3 Å². The first-order valence-electron chi connectivity index (χ1n) is 6.57. The molecule has 1 aromatic rings. The lowest BCUT2D eigenvalue weighted by Crippen LogP contribution is -2.40. The summed E-state index contributed by atoms with van der Waals surface area (Å²) in [5.74, 6) is -0.253. The molecule has 0 spiro atoms. The molecule has 2 rings (SSSR count). The van der Waals surface area contributed by atoms with E-state index in [-0.39, 0.29) is 12.5 Å². The standard InChI is InChI=1S/C12H19N5O3/c1-4-9(18)8-7-16(15-14-8)5-6-17-10(19)12(2,3)13-11(17)20/h7,9,18H,4-6H2,1-3H3,(H,13,20). The number of amides is 3.